The lowest BCUT2D eigenvalue weighted by Gasteiger charge is -2.14. The van der Waals surface area contributed by atoms with Gasteiger partial charge in [0, 0.05) is 0 Å². The van der Waals surface area contributed by atoms with E-state index in [1.807, 2.05) is 5.43 Å². The maximum absolute atomic E-state index is 11.0. The summed E-state index contributed by atoms with van der Waals surface area (Å²) in [6, 6.07) is 0. The average molecular weight is 187 g/mol. The molecule has 1 heterocycles. The predicted molar refractivity (Wildman–Crippen MR) is 43.3 cm³/mol. The van der Waals surface area contributed by atoms with Crippen LogP contribution < -0.4 is 10.7 Å². The topological polar surface area (TPSA) is 77.3 Å². The molecule has 0 saturated carbocycles. The highest BCUT2D eigenvalue weighted by Gasteiger charge is 2.12. The van der Waals surface area contributed by atoms with Crippen molar-refractivity contribution in [3.63, 3.8) is 0 Å². The summed E-state index contributed by atoms with van der Waals surface area (Å²) < 4.78 is 0. The Morgan fingerprint density at radius 3 is 3.17 bits per heavy atom. The number of alkyl halides is 1. The normalized spacial score (nSPS) is 20.8. The lowest BCUT2D eigenvalue weighted by molar-refractivity contribution is -0.118. The number of hydrogen-bond donors (Lipinski definition) is 3. The molecule has 64 valence electrons. The Morgan fingerprint density at radius 2 is 2.58 bits per heavy atom. The van der Waals surface area contributed by atoms with E-state index in [1.165, 1.54) is 0 Å². The number of halogens is 1. The van der Waals surface area contributed by atoms with Crippen LogP contribution in [0.3, 0.4) is 0 Å². The minimum Gasteiger partial charge on any atom is -0.362 e. The minimum atomic E-state index is -0.472. The average Bonchev–Trinajstić information content (AvgIpc) is 2.05. The fraction of sp³-hybridized carbons (Fsp3) is 0.167. The van der Waals surface area contributed by atoms with E-state index in [4.69, 9.17) is 17.1 Å². The first-order valence-electron chi connectivity index (χ1n) is 3.20. The molecule has 0 spiro atoms. The number of allylic oxidation sites excluding steroid dienone is 2. The second-order valence-corrected chi connectivity index (χ2v) is 2.53. The van der Waals surface area contributed by atoms with Crippen molar-refractivity contribution in [1.29, 1.82) is 5.53 Å². The Kier molecular flexibility index (Phi) is 2.82. The molecule has 3 N–H and O–H groups in total. The molecule has 6 heteroatoms. The largest absolute Gasteiger partial charge is 0.362 e. The van der Waals surface area contributed by atoms with Gasteiger partial charge in [0.2, 0.25) is 0 Å². The summed E-state index contributed by atoms with van der Waals surface area (Å²) in [6.45, 7) is 0. The number of rotatable bonds is 2. The smallest absolute Gasteiger partial charge is 0.288 e. The van der Waals surface area contributed by atoms with Crippen molar-refractivity contribution in [1.82, 2.24) is 10.7 Å². The van der Waals surface area contributed by atoms with Crippen LogP contribution in [0.1, 0.15) is 0 Å². The molecule has 5 nitrogen and oxygen atoms in total. The summed E-state index contributed by atoms with van der Waals surface area (Å²) in [5.74, 6) is -0.472. The van der Waals surface area contributed by atoms with Crippen LogP contribution in [0.4, 0.5) is 0 Å². The molecule has 1 unspecified atom stereocenters. The zero-order valence-corrected chi connectivity index (χ0v) is 6.80. The monoisotopic (exact) mass is 186 g/mol. The van der Waals surface area contributed by atoms with Crippen LogP contribution in [-0.4, -0.2) is 11.4 Å². The third-order valence-electron chi connectivity index (χ3n) is 1.24. The predicted octanol–water partition coefficient (Wildman–Crippen LogP) is 0.657. The molecule has 0 bridgehead atoms. The second kappa shape index (κ2) is 3.87. The molecule has 0 radical (unpaired) electrons. The maximum atomic E-state index is 11.0. The van der Waals surface area contributed by atoms with Gasteiger partial charge in [-0.05, 0) is 12.2 Å². The Balaban J connectivity index is 2.63. The van der Waals surface area contributed by atoms with Gasteiger partial charge in [0.25, 0.3) is 5.91 Å². The van der Waals surface area contributed by atoms with Crippen LogP contribution in [0, 0.1) is 5.53 Å². The van der Waals surface area contributed by atoms with Crippen LogP contribution in [0.15, 0.2) is 29.1 Å². The number of nitrogens with zero attached hydrogens (tertiary/aromatic N) is 1. The highest BCUT2D eigenvalue weighted by atomic mass is 35.5. The van der Waals surface area contributed by atoms with E-state index < -0.39 is 5.91 Å². The van der Waals surface area contributed by atoms with Crippen molar-refractivity contribution in [2.24, 2.45) is 5.22 Å². The van der Waals surface area contributed by atoms with Crippen molar-refractivity contribution in [2.75, 3.05) is 0 Å². The van der Waals surface area contributed by atoms with Crippen LogP contribution in [0.2, 0.25) is 0 Å². The quantitative estimate of drug-likeness (QED) is 0.256. The zero-order chi connectivity index (χ0) is 8.97. The maximum Gasteiger partial charge on any atom is 0.288 e. The Bertz CT molecular complexity index is 260. The highest BCUT2D eigenvalue weighted by Crippen LogP contribution is 2.05. The second-order valence-electron chi connectivity index (χ2n) is 2.06. The highest BCUT2D eigenvalue weighted by molar-refractivity contribution is 6.22. The van der Waals surface area contributed by atoms with E-state index in [1.54, 1.807) is 18.2 Å². The zero-order valence-electron chi connectivity index (χ0n) is 6.04. The van der Waals surface area contributed by atoms with Gasteiger partial charge in [-0.2, -0.15) is 5.53 Å². The first-order chi connectivity index (χ1) is 5.74. The van der Waals surface area contributed by atoms with E-state index in [9.17, 15) is 4.79 Å². The summed E-state index contributed by atoms with van der Waals surface area (Å²) in [5, 5.41) is 5.42. The standard InChI is InChI=1S/C6H7ClN4O/c7-5-3-1-2-4(9-5)6(12)10-11-8/h1-3,5,9H,(H2,8,10,12). The van der Waals surface area contributed by atoms with E-state index in [0.29, 0.717) is 5.70 Å². The third-order valence-corrected chi connectivity index (χ3v) is 1.49. The molecular formula is C6H7ClN4O. The molecular weight excluding hydrogens is 180 g/mol. The van der Waals surface area contributed by atoms with Gasteiger partial charge in [0.05, 0.1) is 0 Å². The van der Waals surface area contributed by atoms with Crippen molar-refractivity contribution in [3.8, 4) is 0 Å². The van der Waals surface area contributed by atoms with Crippen LogP contribution in [-0.2, 0) is 4.79 Å². The molecule has 12 heavy (non-hydrogen) atoms. The van der Waals surface area contributed by atoms with Gasteiger partial charge < -0.3 is 5.32 Å². The minimum absolute atomic E-state index is 0.300. The number of carbonyl (C=O) groups excluding carboxylic acids is 1. The molecule has 1 rings (SSSR count). The number of carbonyl (C=O) groups is 1. The van der Waals surface area contributed by atoms with E-state index in [2.05, 4.69) is 10.5 Å². The fourth-order valence-electron chi connectivity index (χ4n) is 0.746. The van der Waals surface area contributed by atoms with E-state index >= 15 is 0 Å². The molecule has 1 aliphatic rings. The van der Waals surface area contributed by atoms with Gasteiger partial charge in [0.15, 0.2) is 0 Å². The Morgan fingerprint density at radius 1 is 1.83 bits per heavy atom. The van der Waals surface area contributed by atoms with Gasteiger partial charge >= 0.3 is 0 Å². The first kappa shape index (κ1) is 8.73. The van der Waals surface area contributed by atoms with Crippen LogP contribution >= 0.6 is 11.6 Å². The summed E-state index contributed by atoms with van der Waals surface area (Å²) in [5.41, 5.74) is 8.27. The van der Waals surface area contributed by atoms with E-state index in [-0.39, 0.29) is 5.50 Å². The van der Waals surface area contributed by atoms with Gasteiger partial charge in [-0.3, -0.25) is 4.79 Å². The van der Waals surface area contributed by atoms with Gasteiger partial charge in [-0.1, -0.05) is 22.9 Å². The van der Waals surface area contributed by atoms with Crippen molar-refractivity contribution in [3.05, 3.63) is 23.9 Å². The SMILES string of the molecule is N=NNC(=O)C1=CC=CC(Cl)N1. The summed E-state index contributed by atoms with van der Waals surface area (Å²) in [4.78, 5) is 11.0. The molecule has 1 amide bonds. The van der Waals surface area contributed by atoms with Crippen molar-refractivity contribution in [2.45, 2.75) is 5.50 Å². The van der Waals surface area contributed by atoms with Crippen molar-refractivity contribution >= 4 is 17.5 Å². The van der Waals surface area contributed by atoms with Crippen molar-refractivity contribution < 1.29 is 4.79 Å². The summed E-state index contributed by atoms with van der Waals surface area (Å²) in [7, 11) is 0. The number of amides is 1. The van der Waals surface area contributed by atoms with E-state index in [0.717, 1.165) is 0 Å². The molecule has 0 fully saturated rings. The number of dihydropyridines is 1. The molecule has 0 aliphatic carbocycles. The fourth-order valence-corrected chi connectivity index (χ4v) is 0.948. The molecule has 0 saturated heterocycles. The van der Waals surface area contributed by atoms with Crippen LogP contribution in [0.5, 0.6) is 0 Å². The third kappa shape index (κ3) is 2.06. The Labute approximate surface area is 74.0 Å². The molecule has 1 atom stereocenters. The van der Waals surface area contributed by atoms with Gasteiger partial charge in [-0.25, -0.2) is 5.43 Å². The lowest BCUT2D eigenvalue weighted by atomic mass is 10.3. The van der Waals surface area contributed by atoms with Gasteiger partial charge in [-0.15, -0.1) is 0 Å². The number of nitrogens with one attached hydrogen (secondary N) is 3. The summed E-state index contributed by atoms with van der Waals surface area (Å²) in [6.07, 6.45) is 4.91. The first-order valence-corrected chi connectivity index (χ1v) is 3.63. The summed E-state index contributed by atoms with van der Waals surface area (Å²) >= 11 is 5.66. The lowest BCUT2D eigenvalue weighted by Crippen LogP contribution is -2.33. The molecule has 1 aliphatic heterocycles. The van der Waals surface area contributed by atoms with Crippen LogP contribution in [0.25, 0.3) is 0 Å². The Hall–Kier alpha value is -1.36. The molecule has 0 aromatic heterocycles. The molecule has 0 aromatic rings. The molecule has 0 aromatic carbocycles. The van der Waals surface area contributed by atoms with Gasteiger partial charge in [0.1, 0.15) is 11.2 Å². The number of hydrogen-bond acceptors (Lipinski definition) is 4.